The summed E-state index contributed by atoms with van der Waals surface area (Å²) in [6.45, 7) is 2.15. The van der Waals surface area contributed by atoms with Crippen LogP contribution < -0.4 is 10.1 Å². The fourth-order valence-corrected chi connectivity index (χ4v) is 4.23. The van der Waals surface area contributed by atoms with Crippen molar-refractivity contribution in [3.8, 4) is 5.75 Å². The molecule has 1 heterocycles. The van der Waals surface area contributed by atoms with Crippen molar-refractivity contribution in [2.24, 2.45) is 5.92 Å². The predicted octanol–water partition coefficient (Wildman–Crippen LogP) is 5.48. The van der Waals surface area contributed by atoms with Crippen molar-refractivity contribution in [1.29, 1.82) is 0 Å². The van der Waals surface area contributed by atoms with Gasteiger partial charge >= 0.3 is 0 Å². The van der Waals surface area contributed by atoms with Gasteiger partial charge in [0, 0.05) is 22.2 Å². The zero-order chi connectivity index (χ0) is 16.0. The largest absolute Gasteiger partial charge is 0.497 e. The predicted molar refractivity (Wildman–Crippen MR) is 95.5 cm³/mol. The molecule has 0 radical (unpaired) electrons. The summed E-state index contributed by atoms with van der Waals surface area (Å²) in [5.74, 6) is 1.80. The summed E-state index contributed by atoms with van der Waals surface area (Å²) < 4.78 is 5.28. The Kier molecular flexibility index (Phi) is 3.57. The van der Waals surface area contributed by atoms with Gasteiger partial charge in [0.2, 0.25) is 0 Å². The maximum Gasteiger partial charge on any atom is 0.118 e. The Bertz CT molecular complexity index is 766. The zero-order valence-corrected chi connectivity index (χ0v) is 14.1. The number of rotatable bonds is 2. The molecule has 0 bridgehead atoms. The van der Waals surface area contributed by atoms with Crippen LogP contribution in [0.25, 0.3) is 0 Å². The van der Waals surface area contributed by atoms with Gasteiger partial charge in [-0.25, -0.2) is 0 Å². The van der Waals surface area contributed by atoms with Crippen LogP contribution in [0.1, 0.15) is 35.1 Å². The van der Waals surface area contributed by atoms with E-state index in [2.05, 4.69) is 42.6 Å². The van der Waals surface area contributed by atoms with E-state index in [4.69, 9.17) is 16.3 Å². The van der Waals surface area contributed by atoms with Crippen molar-refractivity contribution in [1.82, 2.24) is 0 Å². The van der Waals surface area contributed by atoms with Crippen molar-refractivity contribution in [3.63, 3.8) is 0 Å². The van der Waals surface area contributed by atoms with Crippen molar-refractivity contribution in [2.45, 2.75) is 25.3 Å². The summed E-state index contributed by atoms with van der Waals surface area (Å²) in [6, 6.07) is 12.8. The third-order valence-corrected chi connectivity index (χ3v) is 5.48. The summed E-state index contributed by atoms with van der Waals surface area (Å²) in [5, 5.41) is 4.63. The van der Waals surface area contributed by atoms with Crippen molar-refractivity contribution in [2.75, 3.05) is 12.4 Å². The molecule has 4 rings (SSSR count). The topological polar surface area (TPSA) is 21.3 Å². The monoisotopic (exact) mass is 325 g/mol. The number of anilines is 1. The van der Waals surface area contributed by atoms with Gasteiger partial charge in [-0.2, -0.15) is 0 Å². The molecular formula is C20H20ClNO. The highest BCUT2D eigenvalue weighted by Gasteiger charge is 2.39. The number of hydrogen-bond donors (Lipinski definition) is 1. The number of ether oxygens (including phenoxy) is 1. The molecule has 118 valence electrons. The molecule has 1 aliphatic carbocycles. The SMILES string of the molecule is COc1ccc(C2Nc3c(C)ccc(Cl)c3C3C=CCC32)cc1. The van der Waals surface area contributed by atoms with Crippen LogP contribution in [-0.4, -0.2) is 7.11 Å². The van der Waals surface area contributed by atoms with Crippen LogP contribution in [-0.2, 0) is 0 Å². The van der Waals surface area contributed by atoms with E-state index in [-0.39, 0.29) is 0 Å². The molecule has 2 aromatic carbocycles. The van der Waals surface area contributed by atoms with E-state index in [0.29, 0.717) is 17.9 Å². The number of fused-ring (bicyclic) bond motifs is 3. The molecule has 3 atom stereocenters. The fraction of sp³-hybridized carbons (Fsp3) is 0.300. The minimum absolute atomic E-state index is 0.297. The number of allylic oxidation sites excluding steroid dienone is 2. The van der Waals surface area contributed by atoms with E-state index < -0.39 is 0 Å². The quantitative estimate of drug-likeness (QED) is 0.738. The molecule has 3 unspecified atom stereocenters. The van der Waals surface area contributed by atoms with Gasteiger partial charge in [-0.15, -0.1) is 0 Å². The van der Waals surface area contributed by atoms with E-state index in [9.17, 15) is 0 Å². The van der Waals surface area contributed by atoms with Gasteiger partial charge in [0.05, 0.1) is 13.2 Å². The van der Waals surface area contributed by atoms with Crippen LogP contribution in [0.15, 0.2) is 48.6 Å². The molecule has 0 saturated carbocycles. The molecule has 2 aliphatic rings. The number of benzene rings is 2. The lowest BCUT2D eigenvalue weighted by atomic mass is 9.76. The van der Waals surface area contributed by atoms with E-state index in [1.54, 1.807) is 7.11 Å². The van der Waals surface area contributed by atoms with Crippen LogP contribution in [0.4, 0.5) is 5.69 Å². The minimum atomic E-state index is 0.297. The van der Waals surface area contributed by atoms with Gasteiger partial charge < -0.3 is 10.1 Å². The summed E-state index contributed by atoms with van der Waals surface area (Å²) in [4.78, 5) is 0. The highest BCUT2D eigenvalue weighted by molar-refractivity contribution is 6.32. The first-order chi connectivity index (χ1) is 11.2. The Labute approximate surface area is 142 Å². The average Bonchev–Trinajstić information content (AvgIpc) is 3.07. The summed E-state index contributed by atoms with van der Waals surface area (Å²) in [6.07, 6.45) is 5.70. The van der Waals surface area contributed by atoms with Gasteiger partial charge in [-0.05, 0) is 48.6 Å². The lowest BCUT2D eigenvalue weighted by Crippen LogP contribution is -2.29. The van der Waals surface area contributed by atoms with E-state index in [0.717, 1.165) is 17.2 Å². The average molecular weight is 326 g/mol. The molecule has 0 saturated heterocycles. The van der Waals surface area contributed by atoms with Gasteiger partial charge in [0.15, 0.2) is 0 Å². The number of nitrogens with one attached hydrogen (secondary N) is 1. The Hall–Kier alpha value is -1.93. The molecule has 3 heteroatoms. The van der Waals surface area contributed by atoms with Crippen LogP contribution in [0, 0.1) is 12.8 Å². The number of hydrogen-bond acceptors (Lipinski definition) is 2. The number of aryl methyl sites for hydroxylation is 1. The molecule has 0 amide bonds. The van der Waals surface area contributed by atoms with E-state index >= 15 is 0 Å². The molecule has 2 aromatic rings. The van der Waals surface area contributed by atoms with Gasteiger partial charge in [0.1, 0.15) is 5.75 Å². The number of halogens is 1. The van der Waals surface area contributed by atoms with Crippen molar-refractivity contribution >= 4 is 17.3 Å². The van der Waals surface area contributed by atoms with Crippen LogP contribution >= 0.6 is 11.6 Å². The molecule has 23 heavy (non-hydrogen) atoms. The van der Waals surface area contributed by atoms with Crippen LogP contribution in [0.2, 0.25) is 5.02 Å². The first-order valence-electron chi connectivity index (χ1n) is 8.05. The summed E-state index contributed by atoms with van der Waals surface area (Å²) >= 11 is 6.52. The number of methoxy groups -OCH3 is 1. The normalized spacial score (nSPS) is 24.7. The first-order valence-corrected chi connectivity index (χ1v) is 8.43. The zero-order valence-electron chi connectivity index (χ0n) is 13.3. The maximum absolute atomic E-state index is 6.52. The Morgan fingerprint density at radius 1 is 1.13 bits per heavy atom. The second-order valence-electron chi connectivity index (χ2n) is 6.40. The lowest BCUT2D eigenvalue weighted by Gasteiger charge is -2.38. The molecule has 2 nitrogen and oxygen atoms in total. The highest BCUT2D eigenvalue weighted by atomic mass is 35.5. The van der Waals surface area contributed by atoms with Crippen molar-refractivity contribution < 1.29 is 4.74 Å². The van der Waals surface area contributed by atoms with Gasteiger partial charge in [-0.3, -0.25) is 0 Å². The molecule has 0 fully saturated rings. The van der Waals surface area contributed by atoms with Gasteiger partial charge in [0.25, 0.3) is 0 Å². The Morgan fingerprint density at radius 2 is 1.91 bits per heavy atom. The minimum Gasteiger partial charge on any atom is -0.497 e. The van der Waals surface area contributed by atoms with E-state index in [1.807, 2.05) is 18.2 Å². The molecule has 0 spiro atoms. The lowest BCUT2D eigenvalue weighted by molar-refractivity contribution is 0.411. The second-order valence-corrected chi connectivity index (χ2v) is 6.81. The molecule has 0 aromatic heterocycles. The first kappa shape index (κ1) is 14.6. The van der Waals surface area contributed by atoms with Crippen molar-refractivity contribution in [3.05, 3.63) is 70.3 Å². The summed E-state index contributed by atoms with van der Waals surface area (Å²) in [7, 11) is 1.70. The standard InChI is InChI=1S/C20H20ClNO/c1-12-6-11-17(21)18-15-4-3-5-16(15)20(22-19(12)18)13-7-9-14(23-2)10-8-13/h3-4,6-11,15-16,20,22H,5H2,1-2H3. The molecule has 1 aliphatic heterocycles. The smallest absolute Gasteiger partial charge is 0.118 e. The third-order valence-electron chi connectivity index (χ3n) is 5.15. The Morgan fingerprint density at radius 3 is 2.65 bits per heavy atom. The van der Waals surface area contributed by atoms with Gasteiger partial charge in [-0.1, -0.05) is 42.0 Å². The highest BCUT2D eigenvalue weighted by Crippen LogP contribution is 2.52. The van der Waals surface area contributed by atoms with Crippen LogP contribution in [0.5, 0.6) is 5.75 Å². The molecular weight excluding hydrogens is 306 g/mol. The molecule has 1 N–H and O–H groups in total. The third kappa shape index (κ3) is 2.33. The Balaban J connectivity index is 1.79. The second kappa shape index (κ2) is 5.61. The van der Waals surface area contributed by atoms with E-state index in [1.165, 1.54) is 22.4 Å². The summed E-state index contributed by atoms with van der Waals surface area (Å²) in [5.41, 5.74) is 5.01. The fourth-order valence-electron chi connectivity index (χ4n) is 3.95. The van der Waals surface area contributed by atoms with Crippen LogP contribution in [0.3, 0.4) is 0 Å². The maximum atomic E-state index is 6.52.